The Hall–Kier alpha value is -0.476. The van der Waals surface area contributed by atoms with Crippen molar-refractivity contribution in [3.05, 3.63) is 12.2 Å². The average Bonchev–Trinajstić information content (AvgIpc) is 3.18. The zero-order chi connectivity index (χ0) is 22.3. The molecule has 0 aromatic heterocycles. The summed E-state index contributed by atoms with van der Waals surface area (Å²) >= 11 is 0. The molecule has 0 amide bonds. The van der Waals surface area contributed by atoms with Crippen molar-refractivity contribution in [2.24, 2.45) is 0 Å². The van der Waals surface area contributed by atoms with Gasteiger partial charge in [-0.1, -0.05) is 41.5 Å². The summed E-state index contributed by atoms with van der Waals surface area (Å²) in [7, 11) is -3.88. The van der Waals surface area contributed by atoms with Gasteiger partial charge >= 0.3 is 5.97 Å². The lowest BCUT2D eigenvalue weighted by molar-refractivity contribution is -0.145. The summed E-state index contributed by atoms with van der Waals surface area (Å²) in [6.45, 7) is 23.2. The first kappa shape index (κ1) is 24.8. The smallest absolute Gasteiger partial charge is 0.331 e. The molecule has 1 fully saturated rings. The van der Waals surface area contributed by atoms with Crippen molar-refractivity contribution >= 4 is 22.6 Å². The Morgan fingerprint density at radius 3 is 2.10 bits per heavy atom. The fourth-order valence-corrected chi connectivity index (χ4v) is 5.41. The van der Waals surface area contributed by atoms with Gasteiger partial charge in [-0.05, 0) is 55.2 Å². The van der Waals surface area contributed by atoms with Gasteiger partial charge in [0.15, 0.2) is 16.6 Å². The topological polar surface area (TPSA) is 54.0 Å². The second-order valence-electron chi connectivity index (χ2n) is 11.5. The maximum Gasteiger partial charge on any atom is 0.331 e. The first-order chi connectivity index (χ1) is 13.0. The Morgan fingerprint density at radius 1 is 1.03 bits per heavy atom. The highest BCUT2D eigenvalue weighted by atomic mass is 28.4. The Kier molecular flexibility index (Phi) is 7.33. The average molecular weight is 443 g/mol. The molecule has 0 unspecified atom stereocenters. The van der Waals surface area contributed by atoms with Crippen LogP contribution in [0.15, 0.2) is 12.2 Å². The maximum absolute atomic E-state index is 11.4. The summed E-state index contributed by atoms with van der Waals surface area (Å²) in [5.41, 5.74) is 0. The van der Waals surface area contributed by atoms with E-state index in [4.69, 9.17) is 18.3 Å². The standard InChI is InChI=1S/C22H42O5Si2/c1-21(2,3)28(7,8)24-15-19(27-29(9,10)22(4,5)6)18-12-11-16(25-18)17-13-14-20(23)26-17/h13-14,16-19H,11-12,15H2,1-10H3/t16-,17-,18-,19-/m1/s1. The molecule has 2 rings (SSSR count). The Balaban J connectivity index is 2.12. The quantitative estimate of drug-likeness (QED) is 0.389. The second-order valence-corrected chi connectivity index (χ2v) is 21.1. The van der Waals surface area contributed by atoms with Crippen molar-refractivity contribution < 1.29 is 23.1 Å². The third kappa shape index (κ3) is 6.03. The Bertz CT molecular complexity index is 616. The van der Waals surface area contributed by atoms with E-state index >= 15 is 0 Å². The van der Waals surface area contributed by atoms with Crippen LogP contribution in [0.4, 0.5) is 0 Å². The molecule has 168 valence electrons. The first-order valence-corrected chi connectivity index (χ1v) is 16.7. The summed E-state index contributed by atoms with van der Waals surface area (Å²) in [5, 5.41) is 0.264. The van der Waals surface area contributed by atoms with Crippen molar-refractivity contribution in [3.8, 4) is 0 Å². The van der Waals surface area contributed by atoms with E-state index in [0.29, 0.717) is 6.61 Å². The molecule has 0 aliphatic carbocycles. The molecule has 0 aromatic carbocycles. The van der Waals surface area contributed by atoms with Crippen LogP contribution >= 0.6 is 0 Å². The lowest BCUT2D eigenvalue weighted by Gasteiger charge is -2.43. The number of hydrogen-bond acceptors (Lipinski definition) is 5. The minimum atomic E-state index is -1.99. The van der Waals surface area contributed by atoms with Crippen LogP contribution < -0.4 is 0 Å². The van der Waals surface area contributed by atoms with Crippen molar-refractivity contribution in [2.75, 3.05) is 6.61 Å². The van der Waals surface area contributed by atoms with Crippen LogP contribution in [0.3, 0.4) is 0 Å². The van der Waals surface area contributed by atoms with Crippen molar-refractivity contribution in [2.45, 2.75) is 115 Å². The minimum Gasteiger partial charge on any atom is -0.452 e. The second kappa shape index (κ2) is 8.57. The third-order valence-corrected chi connectivity index (χ3v) is 16.2. The molecule has 5 nitrogen and oxygen atoms in total. The van der Waals surface area contributed by atoms with Gasteiger partial charge in [-0.3, -0.25) is 0 Å². The van der Waals surface area contributed by atoms with Crippen molar-refractivity contribution in [1.29, 1.82) is 0 Å². The van der Waals surface area contributed by atoms with E-state index in [9.17, 15) is 4.79 Å². The summed E-state index contributed by atoms with van der Waals surface area (Å²) in [4.78, 5) is 11.4. The molecule has 0 saturated carbocycles. The van der Waals surface area contributed by atoms with E-state index < -0.39 is 16.6 Å². The molecule has 2 heterocycles. The van der Waals surface area contributed by atoms with Gasteiger partial charge in [-0.15, -0.1) is 0 Å². The summed E-state index contributed by atoms with van der Waals surface area (Å²) < 4.78 is 25.1. The van der Waals surface area contributed by atoms with Crippen molar-refractivity contribution in [3.63, 3.8) is 0 Å². The van der Waals surface area contributed by atoms with E-state index in [1.807, 2.05) is 6.08 Å². The normalized spacial score (nSPS) is 27.4. The lowest BCUT2D eigenvalue weighted by atomic mass is 10.1. The van der Waals surface area contributed by atoms with Gasteiger partial charge in [0.2, 0.25) is 0 Å². The molecule has 0 radical (unpaired) electrons. The fourth-order valence-electron chi connectivity index (χ4n) is 3.07. The van der Waals surface area contributed by atoms with Gasteiger partial charge in [-0.2, -0.15) is 0 Å². The molecular weight excluding hydrogens is 400 g/mol. The van der Waals surface area contributed by atoms with Crippen LogP contribution in [0.5, 0.6) is 0 Å². The summed E-state index contributed by atoms with van der Waals surface area (Å²) in [6, 6.07) is 0. The predicted molar refractivity (Wildman–Crippen MR) is 122 cm³/mol. The van der Waals surface area contributed by atoms with E-state index in [-0.39, 0.29) is 40.5 Å². The van der Waals surface area contributed by atoms with Crippen molar-refractivity contribution in [1.82, 2.24) is 0 Å². The largest absolute Gasteiger partial charge is 0.452 e. The van der Waals surface area contributed by atoms with Crippen LogP contribution in [-0.4, -0.2) is 53.6 Å². The van der Waals surface area contributed by atoms with Gasteiger partial charge in [0.1, 0.15) is 6.10 Å². The van der Waals surface area contributed by atoms with Gasteiger partial charge in [-0.25, -0.2) is 4.79 Å². The number of ether oxygens (including phenoxy) is 2. The van der Waals surface area contributed by atoms with E-state index in [0.717, 1.165) is 12.8 Å². The number of carbonyl (C=O) groups is 1. The number of carbonyl (C=O) groups excluding carboxylic acids is 1. The zero-order valence-electron chi connectivity index (χ0n) is 20.1. The van der Waals surface area contributed by atoms with E-state index in [1.165, 1.54) is 6.08 Å². The third-order valence-electron chi connectivity index (χ3n) is 7.21. The molecule has 29 heavy (non-hydrogen) atoms. The molecule has 0 N–H and O–H groups in total. The SMILES string of the molecule is CC(C)(C)[Si](C)(C)OC[C@@H](O[Si](C)(C)C(C)(C)C)[C@H]1CC[C@H]([C@H]2C=CC(=O)O2)O1. The number of rotatable bonds is 7. The fraction of sp³-hybridized carbons (Fsp3) is 0.864. The molecule has 2 aliphatic heterocycles. The molecule has 4 atom stereocenters. The first-order valence-electron chi connectivity index (χ1n) is 10.9. The maximum atomic E-state index is 11.4. The van der Waals surface area contributed by atoms with Crippen LogP contribution in [0.1, 0.15) is 54.4 Å². The number of hydrogen-bond donors (Lipinski definition) is 0. The van der Waals surface area contributed by atoms with Crippen LogP contribution in [0.25, 0.3) is 0 Å². The molecule has 0 bridgehead atoms. The van der Waals surface area contributed by atoms with Gasteiger partial charge in [0, 0.05) is 6.08 Å². The highest BCUT2D eigenvalue weighted by molar-refractivity contribution is 6.74. The van der Waals surface area contributed by atoms with Crippen LogP contribution in [-0.2, 0) is 23.1 Å². The highest BCUT2D eigenvalue weighted by Gasteiger charge is 2.45. The number of cyclic esters (lactones) is 1. The lowest BCUT2D eigenvalue weighted by Crippen LogP contribution is -2.51. The molecule has 0 aromatic rings. The Labute approximate surface area is 179 Å². The molecule has 2 aliphatic rings. The monoisotopic (exact) mass is 442 g/mol. The number of esters is 1. The van der Waals surface area contributed by atoms with Crippen LogP contribution in [0, 0.1) is 0 Å². The summed E-state index contributed by atoms with van der Waals surface area (Å²) in [5.74, 6) is -0.280. The zero-order valence-corrected chi connectivity index (χ0v) is 22.1. The summed E-state index contributed by atoms with van der Waals surface area (Å²) in [6.07, 6.45) is 4.56. The molecule has 0 spiro atoms. The van der Waals surface area contributed by atoms with E-state index in [2.05, 4.69) is 67.7 Å². The van der Waals surface area contributed by atoms with E-state index in [1.54, 1.807) is 0 Å². The van der Waals surface area contributed by atoms with Gasteiger partial charge in [0.25, 0.3) is 0 Å². The highest BCUT2D eigenvalue weighted by Crippen LogP contribution is 2.41. The minimum absolute atomic E-state index is 0.0356. The Morgan fingerprint density at radius 2 is 1.62 bits per heavy atom. The van der Waals surface area contributed by atoms with Crippen LogP contribution in [0.2, 0.25) is 36.3 Å². The molecule has 7 heteroatoms. The molecule has 1 saturated heterocycles. The molecular formula is C22H42O5Si2. The predicted octanol–water partition coefficient (Wildman–Crippen LogP) is 5.43. The van der Waals surface area contributed by atoms with Gasteiger partial charge in [0.05, 0.1) is 24.9 Å². The van der Waals surface area contributed by atoms with Gasteiger partial charge < -0.3 is 18.3 Å².